The van der Waals surface area contributed by atoms with E-state index in [1.54, 1.807) is 7.11 Å². The fraction of sp³-hybridized carbons (Fsp3) is 0.429. The van der Waals surface area contributed by atoms with Crippen LogP contribution >= 0.6 is 24.8 Å². The summed E-state index contributed by atoms with van der Waals surface area (Å²) in [7, 11) is 1.71. The molecular weight excluding hydrogens is 383 g/mol. The first-order valence-electron chi connectivity index (χ1n) is 9.16. The van der Waals surface area contributed by atoms with Crippen LogP contribution < -0.4 is 15.0 Å². The molecule has 0 aliphatic carbocycles. The topological polar surface area (TPSA) is 33.7 Å². The predicted molar refractivity (Wildman–Crippen MR) is 115 cm³/mol. The molecule has 27 heavy (non-hydrogen) atoms. The van der Waals surface area contributed by atoms with Crippen LogP contribution in [0.25, 0.3) is 0 Å². The van der Waals surface area contributed by atoms with Crippen molar-refractivity contribution >= 4 is 30.5 Å². The minimum absolute atomic E-state index is 0. The Morgan fingerprint density at radius 2 is 1.85 bits per heavy atom. The van der Waals surface area contributed by atoms with Gasteiger partial charge in [-0.05, 0) is 48.2 Å². The van der Waals surface area contributed by atoms with Gasteiger partial charge in [-0.1, -0.05) is 24.3 Å². The van der Waals surface area contributed by atoms with Crippen molar-refractivity contribution in [2.45, 2.75) is 31.6 Å². The van der Waals surface area contributed by atoms with Crippen molar-refractivity contribution in [3.8, 4) is 5.75 Å². The fourth-order valence-electron chi connectivity index (χ4n) is 3.97. The van der Waals surface area contributed by atoms with Gasteiger partial charge in [-0.3, -0.25) is 0 Å². The molecule has 1 saturated heterocycles. The molecule has 0 radical (unpaired) electrons. The van der Waals surface area contributed by atoms with E-state index in [1.165, 1.54) is 16.8 Å². The molecule has 2 aliphatic heterocycles. The Morgan fingerprint density at radius 1 is 1.07 bits per heavy atom. The van der Waals surface area contributed by atoms with Gasteiger partial charge in [-0.2, -0.15) is 0 Å². The molecule has 0 saturated carbocycles. The van der Waals surface area contributed by atoms with Crippen LogP contribution in [0.5, 0.6) is 5.75 Å². The van der Waals surface area contributed by atoms with E-state index in [-0.39, 0.29) is 30.9 Å². The SMILES string of the molecule is COc1ccc(N2CCNCC2CCC2OCc3ccccc32)cc1.Cl.Cl. The van der Waals surface area contributed by atoms with Gasteiger partial charge in [0.1, 0.15) is 5.75 Å². The van der Waals surface area contributed by atoms with E-state index in [9.17, 15) is 0 Å². The number of hydrogen-bond donors (Lipinski definition) is 1. The molecule has 0 amide bonds. The Morgan fingerprint density at radius 3 is 2.63 bits per heavy atom. The third kappa shape index (κ3) is 4.88. The lowest BCUT2D eigenvalue weighted by Crippen LogP contribution is -2.51. The van der Waals surface area contributed by atoms with E-state index in [0.717, 1.165) is 44.8 Å². The standard InChI is InChI=1S/C21H26N2O2.2ClH/c1-24-19-9-6-17(7-10-19)23-13-12-22-14-18(23)8-11-21-20-5-3-2-4-16(20)15-25-21;;/h2-7,9-10,18,21-22H,8,11-15H2,1H3;2*1H. The molecule has 2 heterocycles. The number of anilines is 1. The second kappa shape index (κ2) is 10.2. The molecule has 4 rings (SSSR count). The Balaban J connectivity index is 0.00000131. The van der Waals surface area contributed by atoms with Crippen LogP contribution in [0.3, 0.4) is 0 Å². The van der Waals surface area contributed by atoms with E-state index in [1.807, 2.05) is 12.1 Å². The number of hydrogen-bond acceptors (Lipinski definition) is 4. The molecule has 4 nitrogen and oxygen atoms in total. The van der Waals surface area contributed by atoms with Crippen molar-refractivity contribution < 1.29 is 9.47 Å². The van der Waals surface area contributed by atoms with Crippen molar-refractivity contribution in [2.24, 2.45) is 0 Å². The summed E-state index contributed by atoms with van der Waals surface area (Å²) in [6, 6.07) is 17.5. The summed E-state index contributed by atoms with van der Waals surface area (Å²) in [4.78, 5) is 2.52. The number of ether oxygens (including phenoxy) is 2. The van der Waals surface area contributed by atoms with Gasteiger partial charge in [-0.15, -0.1) is 24.8 Å². The summed E-state index contributed by atoms with van der Waals surface area (Å²) >= 11 is 0. The fourth-order valence-corrected chi connectivity index (χ4v) is 3.97. The molecule has 6 heteroatoms. The van der Waals surface area contributed by atoms with Gasteiger partial charge in [0.15, 0.2) is 0 Å². The van der Waals surface area contributed by atoms with Crippen LogP contribution in [-0.2, 0) is 11.3 Å². The molecule has 0 bridgehead atoms. The molecule has 0 aromatic heterocycles. The molecule has 2 atom stereocenters. The van der Waals surface area contributed by atoms with Gasteiger partial charge >= 0.3 is 0 Å². The van der Waals surface area contributed by atoms with Crippen LogP contribution in [0.1, 0.15) is 30.1 Å². The Labute approximate surface area is 174 Å². The van der Waals surface area contributed by atoms with E-state index < -0.39 is 0 Å². The second-order valence-corrected chi connectivity index (χ2v) is 6.83. The minimum atomic E-state index is 0. The van der Waals surface area contributed by atoms with Gasteiger partial charge in [0.05, 0.1) is 19.8 Å². The first-order valence-corrected chi connectivity index (χ1v) is 9.16. The van der Waals surface area contributed by atoms with Crippen LogP contribution in [0.15, 0.2) is 48.5 Å². The smallest absolute Gasteiger partial charge is 0.119 e. The van der Waals surface area contributed by atoms with Crippen molar-refractivity contribution in [2.75, 3.05) is 31.6 Å². The summed E-state index contributed by atoms with van der Waals surface area (Å²) in [5, 5.41) is 3.54. The first kappa shape index (κ1) is 21.8. The number of nitrogens with zero attached hydrogens (tertiary/aromatic N) is 1. The van der Waals surface area contributed by atoms with E-state index in [2.05, 4.69) is 46.6 Å². The Bertz CT molecular complexity index is 712. The third-order valence-electron chi connectivity index (χ3n) is 5.36. The maximum absolute atomic E-state index is 6.03. The maximum Gasteiger partial charge on any atom is 0.119 e. The third-order valence-corrected chi connectivity index (χ3v) is 5.36. The molecule has 2 unspecified atom stereocenters. The normalized spacial score (nSPS) is 21.0. The summed E-state index contributed by atoms with van der Waals surface area (Å²) < 4.78 is 11.3. The lowest BCUT2D eigenvalue weighted by Gasteiger charge is -2.38. The molecule has 2 aromatic carbocycles. The van der Waals surface area contributed by atoms with Crippen molar-refractivity contribution in [3.05, 3.63) is 59.7 Å². The number of nitrogens with one attached hydrogen (secondary N) is 1. The highest BCUT2D eigenvalue weighted by Gasteiger charge is 2.27. The number of rotatable bonds is 5. The quantitative estimate of drug-likeness (QED) is 0.793. The van der Waals surface area contributed by atoms with Gasteiger partial charge in [0, 0.05) is 31.4 Å². The zero-order valence-corrected chi connectivity index (χ0v) is 17.2. The first-order chi connectivity index (χ1) is 12.3. The summed E-state index contributed by atoms with van der Waals surface area (Å²) in [6.45, 7) is 3.86. The number of methoxy groups -OCH3 is 1. The highest BCUT2D eigenvalue weighted by molar-refractivity contribution is 5.85. The van der Waals surface area contributed by atoms with E-state index >= 15 is 0 Å². The lowest BCUT2D eigenvalue weighted by molar-refractivity contribution is 0.0569. The van der Waals surface area contributed by atoms with Gasteiger partial charge in [-0.25, -0.2) is 0 Å². The summed E-state index contributed by atoms with van der Waals surface area (Å²) in [6.07, 6.45) is 2.43. The van der Waals surface area contributed by atoms with E-state index in [0.29, 0.717) is 6.04 Å². The van der Waals surface area contributed by atoms with Crippen LogP contribution in [0.4, 0.5) is 5.69 Å². The molecule has 1 fully saturated rings. The van der Waals surface area contributed by atoms with Crippen molar-refractivity contribution in [3.63, 3.8) is 0 Å². The lowest BCUT2D eigenvalue weighted by atomic mass is 9.98. The molecule has 2 aromatic rings. The highest BCUT2D eigenvalue weighted by Crippen LogP contribution is 2.35. The molecule has 148 valence electrons. The van der Waals surface area contributed by atoms with Gasteiger partial charge in [0.25, 0.3) is 0 Å². The minimum Gasteiger partial charge on any atom is -0.497 e. The Kier molecular flexibility index (Phi) is 8.24. The second-order valence-electron chi connectivity index (χ2n) is 6.83. The number of halogens is 2. The van der Waals surface area contributed by atoms with Crippen molar-refractivity contribution in [1.29, 1.82) is 0 Å². The van der Waals surface area contributed by atoms with Crippen LogP contribution in [0.2, 0.25) is 0 Å². The van der Waals surface area contributed by atoms with Crippen LogP contribution in [0, 0.1) is 0 Å². The van der Waals surface area contributed by atoms with Gasteiger partial charge in [0.2, 0.25) is 0 Å². The molecule has 2 aliphatic rings. The number of fused-ring (bicyclic) bond motifs is 1. The number of piperazine rings is 1. The zero-order chi connectivity index (χ0) is 17.1. The highest BCUT2D eigenvalue weighted by atomic mass is 35.5. The number of benzene rings is 2. The molecule has 0 spiro atoms. The predicted octanol–water partition coefficient (Wildman–Crippen LogP) is 4.37. The van der Waals surface area contributed by atoms with E-state index in [4.69, 9.17) is 9.47 Å². The van der Waals surface area contributed by atoms with Gasteiger partial charge < -0.3 is 19.7 Å². The Hall–Kier alpha value is -1.46. The average Bonchev–Trinajstić information content (AvgIpc) is 3.10. The van der Waals surface area contributed by atoms with Crippen LogP contribution in [-0.4, -0.2) is 32.8 Å². The zero-order valence-electron chi connectivity index (χ0n) is 15.6. The average molecular weight is 411 g/mol. The monoisotopic (exact) mass is 410 g/mol. The molecule has 1 N–H and O–H groups in total. The largest absolute Gasteiger partial charge is 0.497 e. The summed E-state index contributed by atoms with van der Waals surface area (Å²) in [5.41, 5.74) is 4.00. The maximum atomic E-state index is 6.03. The summed E-state index contributed by atoms with van der Waals surface area (Å²) in [5.74, 6) is 0.909. The molecular formula is C21H28Cl2N2O2. The van der Waals surface area contributed by atoms with Crippen molar-refractivity contribution in [1.82, 2.24) is 5.32 Å².